The van der Waals surface area contributed by atoms with Crippen LogP contribution >= 0.6 is 15.9 Å². The van der Waals surface area contributed by atoms with Crippen molar-refractivity contribution in [2.75, 3.05) is 6.61 Å². The Morgan fingerprint density at radius 3 is 3.08 bits per heavy atom. The Bertz CT molecular complexity index is 287. The minimum Gasteiger partial charge on any atom is -0.465 e. The van der Waals surface area contributed by atoms with Crippen molar-refractivity contribution in [3.63, 3.8) is 0 Å². The predicted molar refractivity (Wildman–Crippen MR) is 49.3 cm³/mol. The molecule has 0 spiro atoms. The number of aromatic nitrogens is 3. The smallest absolute Gasteiger partial charge is 0.327 e. The fourth-order valence-corrected chi connectivity index (χ4v) is 1.07. The molecule has 0 N–H and O–H groups in total. The molecule has 0 saturated carbocycles. The summed E-state index contributed by atoms with van der Waals surface area (Å²) in [5.41, 5.74) is 0.796. The molecular formula is C7H10BrN3O2. The standard InChI is InChI=1S/C7H10BrN3O2/c1-2-13-7(12)5-11-4-6(3-8)9-10-11/h4H,2-3,5H2,1H3. The van der Waals surface area contributed by atoms with Crippen molar-refractivity contribution in [3.05, 3.63) is 11.9 Å². The Morgan fingerprint density at radius 1 is 1.77 bits per heavy atom. The van der Waals surface area contributed by atoms with Crippen molar-refractivity contribution in [3.8, 4) is 0 Å². The van der Waals surface area contributed by atoms with Crippen molar-refractivity contribution < 1.29 is 9.53 Å². The van der Waals surface area contributed by atoms with Crippen LogP contribution in [-0.2, 0) is 21.4 Å². The number of alkyl halides is 1. The van der Waals surface area contributed by atoms with Gasteiger partial charge in [-0.2, -0.15) is 0 Å². The molecule has 0 aliphatic rings. The highest BCUT2D eigenvalue weighted by Gasteiger charge is 2.05. The van der Waals surface area contributed by atoms with Crippen molar-refractivity contribution in [1.29, 1.82) is 0 Å². The zero-order valence-corrected chi connectivity index (χ0v) is 8.82. The molecule has 1 rings (SSSR count). The van der Waals surface area contributed by atoms with Gasteiger partial charge in [0.25, 0.3) is 0 Å². The van der Waals surface area contributed by atoms with Gasteiger partial charge in [-0.15, -0.1) is 5.10 Å². The molecule has 0 unspecified atom stereocenters. The lowest BCUT2D eigenvalue weighted by atomic mass is 10.5. The van der Waals surface area contributed by atoms with Gasteiger partial charge in [-0.05, 0) is 6.92 Å². The van der Waals surface area contributed by atoms with Crippen LogP contribution in [0.15, 0.2) is 6.20 Å². The van der Waals surface area contributed by atoms with E-state index in [0.717, 1.165) is 5.69 Å². The lowest BCUT2D eigenvalue weighted by Gasteiger charge is -1.99. The predicted octanol–water partition coefficient (Wildman–Crippen LogP) is 0.736. The molecule has 0 aliphatic heterocycles. The van der Waals surface area contributed by atoms with Gasteiger partial charge < -0.3 is 4.74 Å². The fraction of sp³-hybridized carbons (Fsp3) is 0.571. The van der Waals surface area contributed by atoms with E-state index in [1.807, 2.05) is 0 Å². The Kier molecular flexibility index (Phi) is 3.88. The Hall–Kier alpha value is -0.910. The van der Waals surface area contributed by atoms with Crippen LogP contribution in [0.2, 0.25) is 0 Å². The summed E-state index contributed by atoms with van der Waals surface area (Å²) in [4.78, 5) is 11.0. The summed E-state index contributed by atoms with van der Waals surface area (Å²) in [7, 11) is 0. The Labute approximate surface area is 84.2 Å². The van der Waals surface area contributed by atoms with Crippen molar-refractivity contribution >= 4 is 21.9 Å². The second-order valence-electron chi connectivity index (χ2n) is 2.35. The molecule has 0 aliphatic carbocycles. The zero-order valence-electron chi connectivity index (χ0n) is 7.23. The van der Waals surface area contributed by atoms with Crippen LogP contribution in [-0.4, -0.2) is 27.6 Å². The third kappa shape index (κ3) is 3.14. The first-order chi connectivity index (χ1) is 6.26. The molecule has 0 saturated heterocycles. The molecule has 1 heterocycles. The van der Waals surface area contributed by atoms with Gasteiger partial charge in [0.05, 0.1) is 12.3 Å². The van der Waals surface area contributed by atoms with Crippen LogP contribution in [0.25, 0.3) is 0 Å². The first-order valence-corrected chi connectivity index (χ1v) is 4.99. The van der Waals surface area contributed by atoms with Crippen LogP contribution in [0.5, 0.6) is 0 Å². The molecule has 0 fully saturated rings. The summed E-state index contributed by atoms with van der Waals surface area (Å²) < 4.78 is 6.20. The van der Waals surface area contributed by atoms with Gasteiger partial charge in [0.15, 0.2) is 0 Å². The van der Waals surface area contributed by atoms with Gasteiger partial charge >= 0.3 is 5.97 Å². The normalized spacial score (nSPS) is 10.0. The second-order valence-corrected chi connectivity index (χ2v) is 2.91. The van der Waals surface area contributed by atoms with Crippen LogP contribution < -0.4 is 0 Å². The van der Waals surface area contributed by atoms with E-state index in [4.69, 9.17) is 4.74 Å². The summed E-state index contributed by atoms with van der Waals surface area (Å²) >= 11 is 3.24. The number of carbonyl (C=O) groups is 1. The number of esters is 1. The van der Waals surface area contributed by atoms with Gasteiger partial charge in [0.2, 0.25) is 0 Å². The van der Waals surface area contributed by atoms with Crippen LogP contribution in [0.4, 0.5) is 0 Å². The van der Waals surface area contributed by atoms with Gasteiger partial charge in [0.1, 0.15) is 6.54 Å². The molecule has 0 atom stereocenters. The molecule has 5 nitrogen and oxygen atoms in total. The summed E-state index contributed by atoms with van der Waals surface area (Å²) in [6, 6.07) is 0. The maximum atomic E-state index is 11.0. The highest BCUT2D eigenvalue weighted by molar-refractivity contribution is 9.08. The van der Waals surface area contributed by atoms with Gasteiger partial charge in [-0.1, -0.05) is 21.1 Å². The lowest BCUT2D eigenvalue weighted by Crippen LogP contribution is -2.13. The van der Waals surface area contributed by atoms with E-state index in [0.29, 0.717) is 11.9 Å². The molecule has 0 aromatic carbocycles. The number of ether oxygens (including phenoxy) is 1. The average Bonchev–Trinajstić information content (AvgIpc) is 2.52. The quantitative estimate of drug-likeness (QED) is 0.582. The molecule has 1 aromatic heterocycles. The van der Waals surface area contributed by atoms with E-state index in [1.54, 1.807) is 13.1 Å². The largest absolute Gasteiger partial charge is 0.465 e. The molecule has 0 amide bonds. The van der Waals surface area contributed by atoms with E-state index in [-0.39, 0.29) is 12.5 Å². The summed E-state index contributed by atoms with van der Waals surface area (Å²) in [6.45, 7) is 2.27. The number of hydrogen-bond donors (Lipinski definition) is 0. The molecule has 1 aromatic rings. The third-order valence-electron chi connectivity index (χ3n) is 1.32. The van der Waals surface area contributed by atoms with Gasteiger partial charge in [0, 0.05) is 11.5 Å². The number of carbonyl (C=O) groups excluding carboxylic acids is 1. The molecule has 6 heteroatoms. The number of hydrogen-bond acceptors (Lipinski definition) is 4. The van der Waals surface area contributed by atoms with E-state index >= 15 is 0 Å². The molecule has 13 heavy (non-hydrogen) atoms. The van der Waals surface area contributed by atoms with E-state index in [2.05, 4.69) is 26.2 Å². The molecule has 0 radical (unpaired) electrons. The van der Waals surface area contributed by atoms with Crippen LogP contribution in [0.1, 0.15) is 12.6 Å². The first-order valence-electron chi connectivity index (χ1n) is 3.87. The van der Waals surface area contributed by atoms with Crippen LogP contribution in [0.3, 0.4) is 0 Å². The zero-order chi connectivity index (χ0) is 9.68. The maximum absolute atomic E-state index is 11.0. The molecule has 0 bridgehead atoms. The number of nitrogens with zero attached hydrogens (tertiary/aromatic N) is 3. The van der Waals surface area contributed by atoms with Crippen molar-refractivity contribution in [2.45, 2.75) is 18.8 Å². The lowest BCUT2D eigenvalue weighted by molar-refractivity contribution is -0.144. The minimum atomic E-state index is -0.298. The topological polar surface area (TPSA) is 57.0 Å². The highest BCUT2D eigenvalue weighted by Crippen LogP contribution is 1.99. The average molecular weight is 248 g/mol. The number of rotatable bonds is 4. The monoisotopic (exact) mass is 247 g/mol. The number of halogens is 1. The Morgan fingerprint density at radius 2 is 2.54 bits per heavy atom. The third-order valence-corrected chi connectivity index (χ3v) is 1.89. The van der Waals surface area contributed by atoms with Gasteiger partial charge in [-0.25, -0.2) is 4.68 Å². The summed E-state index contributed by atoms with van der Waals surface area (Å²) in [5, 5.41) is 8.19. The van der Waals surface area contributed by atoms with Crippen molar-refractivity contribution in [1.82, 2.24) is 15.0 Å². The second kappa shape index (κ2) is 4.96. The first kappa shape index (κ1) is 10.2. The highest BCUT2D eigenvalue weighted by atomic mass is 79.9. The Balaban J connectivity index is 2.49. The summed E-state index contributed by atoms with van der Waals surface area (Å²) in [5.74, 6) is -0.298. The summed E-state index contributed by atoms with van der Waals surface area (Å²) in [6.07, 6.45) is 1.70. The maximum Gasteiger partial charge on any atom is 0.327 e. The van der Waals surface area contributed by atoms with E-state index in [9.17, 15) is 4.79 Å². The van der Waals surface area contributed by atoms with E-state index in [1.165, 1.54) is 4.68 Å². The van der Waals surface area contributed by atoms with E-state index < -0.39 is 0 Å². The SMILES string of the molecule is CCOC(=O)Cn1cc(CBr)nn1. The molecule has 72 valence electrons. The van der Waals surface area contributed by atoms with Gasteiger partial charge in [-0.3, -0.25) is 4.79 Å². The van der Waals surface area contributed by atoms with Crippen molar-refractivity contribution in [2.24, 2.45) is 0 Å². The fourth-order valence-electron chi connectivity index (χ4n) is 0.816. The minimum absolute atomic E-state index is 0.119. The van der Waals surface area contributed by atoms with Crippen LogP contribution in [0, 0.1) is 0 Å². The molecular weight excluding hydrogens is 238 g/mol.